The van der Waals surface area contributed by atoms with Crippen LogP contribution in [-0.2, 0) is 4.79 Å². The number of hydrogen-bond donors (Lipinski definition) is 1. The Bertz CT molecular complexity index is 947. The Morgan fingerprint density at radius 1 is 1.15 bits per heavy atom. The molecule has 5 nitrogen and oxygen atoms in total. The van der Waals surface area contributed by atoms with E-state index in [0.717, 1.165) is 26.9 Å². The zero-order valence-corrected chi connectivity index (χ0v) is 17.8. The van der Waals surface area contributed by atoms with Crippen molar-refractivity contribution in [2.24, 2.45) is 4.99 Å². The van der Waals surface area contributed by atoms with Crippen LogP contribution < -0.4 is 14.8 Å². The number of halogens is 1. The maximum atomic E-state index is 12.4. The summed E-state index contributed by atoms with van der Waals surface area (Å²) in [4.78, 5) is 17.5. The number of thioether (sulfide) groups is 1. The summed E-state index contributed by atoms with van der Waals surface area (Å²) in [5.41, 5.74) is 3.77. The molecule has 1 saturated heterocycles. The quantitative estimate of drug-likeness (QED) is 0.673. The molecule has 0 unspecified atom stereocenters. The number of aliphatic imine (C=N–C) groups is 1. The lowest BCUT2D eigenvalue weighted by Gasteiger charge is -2.10. The van der Waals surface area contributed by atoms with E-state index in [9.17, 15) is 4.79 Å². The first kappa shape index (κ1) is 19.5. The second-order valence-electron chi connectivity index (χ2n) is 5.96. The van der Waals surface area contributed by atoms with Crippen LogP contribution in [0.25, 0.3) is 6.08 Å². The number of carbonyl (C=O) groups excluding carboxylic acids is 1. The molecular weight excluding hydrogens is 428 g/mol. The molecule has 1 aliphatic heterocycles. The van der Waals surface area contributed by atoms with Crippen LogP contribution in [0.5, 0.6) is 11.5 Å². The fourth-order valence-electron chi connectivity index (χ4n) is 2.75. The highest BCUT2D eigenvalue weighted by Gasteiger charge is 2.24. The number of para-hydroxylation sites is 1. The SMILES string of the molecule is COc1cccc(/C=C2\SC(=Nc3cc(C)c(Br)c(C)c3)NC2=O)c1OC. The molecule has 0 saturated carbocycles. The van der Waals surface area contributed by atoms with Crippen molar-refractivity contribution in [3.05, 3.63) is 56.4 Å². The minimum Gasteiger partial charge on any atom is -0.493 e. The second-order valence-corrected chi connectivity index (χ2v) is 7.78. The lowest BCUT2D eigenvalue weighted by atomic mass is 10.1. The highest BCUT2D eigenvalue weighted by molar-refractivity contribution is 9.10. The summed E-state index contributed by atoms with van der Waals surface area (Å²) in [5, 5.41) is 3.36. The number of rotatable bonds is 4. The summed E-state index contributed by atoms with van der Waals surface area (Å²) < 4.78 is 11.8. The summed E-state index contributed by atoms with van der Waals surface area (Å²) in [6.07, 6.45) is 1.78. The number of nitrogens with one attached hydrogen (secondary N) is 1. The Labute approximate surface area is 171 Å². The van der Waals surface area contributed by atoms with Crippen molar-refractivity contribution < 1.29 is 14.3 Å². The van der Waals surface area contributed by atoms with Gasteiger partial charge in [0.25, 0.3) is 5.91 Å². The number of carbonyl (C=O) groups is 1. The number of amides is 1. The summed E-state index contributed by atoms with van der Waals surface area (Å²) in [6.45, 7) is 4.03. The minimum atomic E-state index is -0.186. The Hall–Kier alpha value is -2.25. The molecule has 2 aromatic carbocycles. The molecule has 7 heteroatoms. The zero-order chi connectivity index (χ0) is 19.6. The molecule has 1 heterocycles. The molecule has 0 aromatic heterocycles. The van der Waals surface area contributed by atoms with Gasteiger partial charge in [0.2, 0.25) is 0 Å². The van der Waals surface area contributed by atoms with Gasteiger partial charge in [-0.3, -0.25) is 4.79 Å². The molecule has 1 aliphatic rings. The Morgan fingerprint density at radius 3 is 2.48 bits per heavy atom. The van der Waals surface area contributed by atoms with Crippen molar-refractivity contribution >= 4 is 50.5 Å². The van der Waals surface area contributed by atoms with E-state index in [-0.39, 0.29) is 5.91 Å². The maximum absolute atomic E-state index is 12.4. The van der Waals surface area contributed by atoms with Gasteiger partial charge in [0, 0.05) is 10.0 Å². The molecule has 1 amide bonds. The third-order valence-corrected chi connectivity index (χ3v) is 6.18. The number of methoxy groups -OCH3 is 2. The molecule has 0 radical (unpaired) electrons. The second kappa shape index (κ2) is 8.19. The van der Waals surface area contributed by atoms with Crippen molar-refractivity contribution in [3.8, 4) is 11.5 Å². The normalized spacial score (nSPS) is 16.7. The number of nitrogens with zero attached hydrogens (tertiary/aromatic N) is 1. The third kappa shape index (κ3) is 4.20. The molecule has 1 N–H and O–H groups in total. The van der Waals surface area contributed by atoms with Gasteiger partial charge in [-0.2, -0.15) is 0 Å². The van der Waals surface area contributed by atoms with E-state index in [1.54, 1.807) is 20.3 Å². The molecular formula is C20H19BrN2O3S. The molecule has 0 bridgehead atoms. The van der Waals surface area contributed by atoms with Gasteiger partial charge in [-0.25, -0.2) is 4.99 Å². The van der Waals surface area contributed by atoms with Crippen LogP contribution in [-0.4, -0.2) is 25.3 Å². The first-order valence-electron chi connectivity index (χ1n) is 8.20. The summed E-state index contributed by atoms with van der Waals surface area (Å²) in [6, 6.07) is 9.49. The van der Waals surface area contributed by atoms with Crippen molar-refractivity contribution in [2.75, 3.05) is 14.2 Å². The van der Waals surface area contributed by atoms with Gasteiger partial charge in [0.15, 0.2) is 16.7 Å². The van der Waals surface area contributed by atoms with Crippen LogP contribution in [0.1, 0.15) is 16.7 Å². The zero-order valence-electron chi connectivity index (χ0n) is 15.4. The van der Waals surface area contributed by atoms with Gasteiger partial charge < -0.3 is 14.8 Å². The van der Waals surface area contributed by atoms with E-state index < -0.39 is 0 Å². The van der Waals surface area contributed by atoms with E-state index in [4.69, 9.17) is 9.47 Å². The lowest BCUT2D eigenvalue weighted by Crippen LogP contribution is -2.19. The topological polar surface area (TPSA) is 59.9 Å². The van der Waals surface area contributed by atoms with E-state index in [2.05, 4.69) is 26.2 Å². The fourth-order valence-corrected chi connectivity index (χ4v) is 3.81. The third-order valence-electron chi connectivity index (χ3n) is 4.02. The average Bonchev–Trinajstić information content (AvgIpc) is 2.98. The average molecular weight is 447 g/mol. The largest absolute Gasteiger partial charge is 0.493 e. The maximum Gasteiger partial charge on any atom is 0.264 e. The number of hydrogen-bond acceptors (Lipinski definition) is 5. The van der Waals surface area contributed by atoms with Crippen LogP contribution in [0.3, 0.4) is 0 Å². The predicted molar refractivity (Wildman–Crippen MR) is 114 cm³/mol. The minimum absolute atomic E-state index is 0.186. The Morgan fingerprint density at radius 2 is 1.85 bits per heavy atom. The van der Waals surface area contributed by atoms with E-state index in [1.165, 1.54) is 11.8 Å². The van der Waals surface area contributed by atoms with Gasteiger partial charge in [-0.15, -0.1) is 0 Å². The molecule has 2 aromatic rings. The number of aryl methyl sites for hydroxylation is 2. The first-order chi connectivity index (χ1) is 12.9. The Balaban J connectivity index is 1.91. The van der Waals surface area contributed by atoms with Crippen molar-refractivity contribution in [1.82, 2.24) is 5.32 Å². The summed E-state index contributed by atoms with van der Waals surface area (Å²) >= 11 is 4.85. The summed E-state index contributed by atoms with van der Waals surface area (Å²) in [5.74, 6) is 1.02. The van der Waals surface area contributed by atoms with Gasteiger partial charge in [0.1, 0.15) is 0 Å². The standard InChI is InChI=1S/C20H19BrN2O3S/c1-11-8-14(9-12(2)17(11)21)22-20-23-19(24)16(27-20)10-13-6-5-7-15(25-3)18(13)26-4/h5-10H,1-4H3,(H,22,23,24)/b16-10-. The number of amidine groups is 1. The molecule has 0 spiro atoms. The van der Waals surface area contributed by atoms with E-state index >= 15 is 0 Å². The lowest BCUT2D eigenvalue weighted by molar-refractivity contribution is -0.115. The van der Waals surface area contributed by atoms with Gasteiger partial charge in [0.05, 0.1) is 24.8 Å². The van der Waals surface area contributed by atoms with Crippen molar-refractivity contribution in [2.45, 2.75) is 13.8 Å². The van der Waals surface area contributed by atoms with Gasteiger partial charge >= 0.3 is 0 Å². The smallest absolute Gasteiger partial charge is 0.264 e. The van der Waals surface area contributed by atoms with E-state index in [0.29, 0.717) is 21.6 Å². The van der Waals surface area contributed by atoms with Crippen molar-refractivity contribution in [1.29, 1.82) is 0 Å². The number of benzene rings is 2. The predicted octanol–water partition coefficient (Wildman–Crippen LogP) is 4.97. The van der Waals surface area contributed by atoms with Crippen LogP contribution in [0.4, 0.5) is 5.69 Å². The first-order valence-corrected chi connectivity index (χ1v) is 9.81. The van der Waals surface area contributed by atoms with Crippen LogP contribution in [0, 0.1) is 13.8 Å². The molecule has 1 fully saturated rings. The summed E-state index contributed by atoms with van der Waals surface area (Å²) in [7, 11) is 3.16. The van der Waals surface area contributed by atoms with Crippen LogP contribution in [0.15, 0.2) is 44.7 Å². The van der Waals surface area contributed by atoms with Crippen LogP contribution >= 0.6 is 27.7 Å². The van der Waals surface area contributed by atoms with Crippen molar-refractivity contribution in [3.63, 3.8) is 0 Å². The monoisotopic (exact) mass is 446 g/mol. The highest BCUT2D eigenvalue weighted by atomic mass is 79.9. The molecule has 0 aliphatic carbocycles. The highest BCUT2D eigenvalue weighted by Crippen LogP contribution is 2.35. The molecule has 140 valence electrons. The Kier molecular flexibility index (Phi) is 5.92. The fraction of sp³-hybridized carbons (Fsp3) is 0.200. The van der Waals surface area contributed by atoms with E-state index in [1.807, 2.05) is 44.2 Å². The van der Waals surface area contributed by atoms with Gasteiger partial charge in [-0.1, -0.05) is 28.1 Å². The molecule has 27 heavy (non-hydrogen) atoms. The molecule has 3 rings (SSSR count). The molecule has 0 atom stereocenters. The van der Waals surface area contributed by atoms with Gasteiger partial charge in [-0.05, 0) is 61.0 Å². The van der Waals surface area contributed by atoms with Crippen LogP contribution in [0.2, 0.25) is 0 Å². The number of ether oxygens (including phenoxy) is 2.